The lowest BCUT2D eigenvalue weighted by Crippen LogP contribution is -2.33. The van der Waals surface area contributed by atoms with Crippen LogP contribution >= 0.6 is 0 Å². The van der Waals surface area contributed by atoms with Gasteiger partial charge in [0.25, 0.3) is 5.91 Å². The van der Waals surface area contributed by atoms with E-state index in [2.05, 4.69) is 6.58 Å². The lowest BCUT2D eigenvalue weighted by Gasteiger charge is -2.20. The second-order valence-electron chi connectivity index (χ2n) is 4.41. The SMILES string of the molecule is C=CCN(C(=O)c1cccc([N+](=O)[O-])c1O)C1CC1. The Kier molecular flexibility index (Phi) is 3.50. The van der Waals surface area contributed by atoms with Crippen LogP contribution in [0.4, 0.5) is 5.69 Å². The van der Waals surface area contributed by atoms with E-state index in [0.29, 0.717) is 6.54 Å². The topological polar surface area (TPSA) is 83.7 Å². The van der Waals surface area contributed by atoms with Crippen molar-refractivity contribution in [3.05, 3.63) is 46.5 Å². The fourth-order valence-electron chi connectivity index (χ4n) is 1.93. The lowest BCUT2D eigenvalue weighted by molar-refractivity contribution is -0.385. The highest BCUT2D eigenvalue weighted by atomic mass is 16.6. The molecule has 19 heavy (non-hydrogen) atoms. The number of rotatable bonds is 5. The van der Waals surface area contributed by atoms with Crippen LogP contribution in [0.25, 0.3) is 0 Å². The smallest absolute Gasteiger partial charge is 0.311 e. The zero-order valence-corrected chi connectivity index (χ0v) is 10.3. The van der Waals surface area contributed by atoms with Crippen LogP contribution in [0.1, 0.15) is 23.2 Å². The zero-order valence-electron chi connectivity index (χ0n) is 10.3. The van der Waals surface area contributed by atoms with E-state index in [-0.39, 0.29) is 11.6 Å². The first kappa shape index (κ1) is 13.1. The minimum absolute atomic E-state index is 0.0389. The maximum atomic E-state index is 12.3. The number of nitro groups is 1. The number of carbonyl (C=O) groups is 1. The second-order valence-corrected chi connectivity index (χ2v) is 4.41. The largest absolute Gasteiger partial charge is 0.502 e. The summed E-state index contributed by atoms with van der Waals surface area (Å²) in [6.07, 6.45) is 3.43. The van der Waals surface area contributed by atoms with Gasteiger partial charge in [0.2, 0.25) is 5.75 Å². The molecule has 1 fully saturated rings. The summed E-state index contributed by atoms with van der Waals surface area (Å²) in [5.74, 6) is -0.976. The van der Waals surface area contributed by atoms with Gasteiger partial charge in [0.1, 0.15) is 0 Å². The third-order valence-corrected chi connectivity index (χ3v) is 3.02. The molecule has 0 unspecified atom stereocenters. The van der Waals surface area contributed by atoms with Crippen LogP contribution in [-0.4, -0.2) is 33.4 Å². The highest BCUT2D eigenvalue weighted by Crippen LogP contribution is 2.33. The summed E-state index contributed by atoms with van der Waals surface area (Å²) in [7, 11) is 0. The predicted octanol–water partition coefficient (Wildman–Crippen LogP) is 2.09. The standard InChI is InChI=1S/C13H14N2O4/c1-2-8-14(9-6-7-9)13(17)10-4-3-5-11(12(10)16)15(18)19/h2-5,9,16H,1,6-8H2. The highest BCUT2D eigenvalue weighted by Gasteiger charge is 2.34. The van der Waals surface area contributed by atoms with Gasteiger partial charge in [0.15, 0.2) is 0 Å². The Morgan fingerprint density at radius 2 is 2.26 bits per heavy atom. The van der Waals surface area contributed by atoms with Crippen LogP contribution in [0.2, 0.25) is 0 Å². The minimum atomic E-state index is -0.707. The van der Waals surface area contributed by atoms with Gasteiger partial charge in [-0.1, -0.05) is 12.1 Å². The first-order valence-corrected chi connectivity index (χ1v) is 5.94. The maximum absolute atomic E-state index is 12.3. The molecule has 0 heterocycles. The van der Waals surface area contributed by atoms with E-state index in [9.17, 15) is 20.0 Å². The van der Waals surface area contributed by atoms with Crippen molar-refractivity contribution in [3.8, 4) is 5.75 Å². The van der Waals surface area contributed by atoms with E-state index in [0.717, 1.165) is 12.8 Å². The molecular weight excluding hydrogens is 248 g/mol. The summed E-state index contributed by atoms with van der Waals surface area (Å²) in [5.41, 5.74) is -0.497. The van der Waals surface area contributed by atoms with Crippen molar-refractivity contribution in [3.63, 3.8) is 0 Å². The van der Waals surface area contributed by atoms with Crippen molar-refractivity contribution in [1.82, 2.24) is 4.90 Å². The molecular formula is C13H14N2O4. The van der Waals surface area contributed by atoms with Crippen LogP contribution in [0.15, 0.2) is 30.9 Å². The van der Waals surface area contributed by atoms with Crippen LogP contribution in [0.3, 0.4) is 0 Å². The van der Waals surface area contributed by atoms with Crippen LogP contribution in [0, 0.1) is 10.1 Å². The number of aromatic hydroxyl groups is 1. The van der Waals surface area contributed by atoms with Gasteiger partial charge in [-0.2, -0.15) is 0 Å². The van der Waals surface area contributed by atoms with Gasteiger partial charge < -0.3 is 10.0 Å². The van der Waals surface area contributed by atoms with Crippen molar-refractivity contribution in [1.29, 1.82) is 0 Å². The zero-order chi connectivity index (χ0) is 14.0. The molecule has 1 aliphatic rings. The van der Waals surface area contributed by atoms with E-state index in [1.165, 1.54) is 18.2 Å². The second kappa shape index (κ2) is 5.09. The van der Waals surface area contributed by atoms with Crippen LogP contribution < -0.4 is 0 Å². The van der Waals surface area contributed by atoms with Crippen molar-refractivity contribution in [2.45, 2.75) is 18.9 Å². The number of para-hydroxylation sites is 1. The molecule has 6 heteroatoms. The molecule has 0 saturated heterocycles. The molecule has 0 aromatic heterocycles. The number of benzene rings is 1. The van der Waals surface area contributed by atoms with Gasteiger partial charge in [0, 0.05) is 18.7 Å². The molecule has 1 N–H and O–H groups in total. The average Bonchev–Trinajstić information content (AvgIpc) is 3.19. The first-order chi connectivity index (χ1) is 9.06. The Morgan fingerprint density at radius 1 is 1.58 bits per heavy atom. The third-order valence-electron chi connectivity index (χ3n) is 3.02. The van der Waals surface area contributed by atoms with Crippen LogP contribution in [-0.2, 0) is 0 Å². The predicted molar refractivity (Wildman–Crippen MR) is 69.0 cm³/mol. The third kappa shape index (κ3) is 2.57. The Balaban J connectivity index is 2.34. The number of amides is 1. The molecule has 1 aromatic rings. The lowest BCUT2D eigenvalue weighted by atomic mass is 10.1. The van der Waals surface area contributed by atoms with Gasteiger partial charge in [-0.15, -0.1) is 6.58 Å². The fraction of sp³-hybridized carbons (Fsp3) is 0.308. The molecule has 0 spiro atoms. The number of phenols is 1. The molecule has 0 radical (unpaired) electrons. The van der Waals surface area contributed by atoms with E-state index in [4.69, 9.17) is 0 Å². The quantitative estimate of drug-likeness (QED) is 0.500. The molecule has 1 saturated carbocycles. The minimum Gasteiger partial charge on any atom is -0.502 e. The van der Waals surface area contributed by atoms with Crippen molar-refractivity contribution < 1.29 is 14.8 Å². The van der Waals surface area contributed by atoms with Crippen molar-refractivity contribution in [2.24, 2.45) is 0 Å². The maximum Gasteiger partial charge on any atom is 0.311 e. The van der Waals surface area contributed by atoms with Gasteiger partial charge in [-0.25, -0.2) is 0 Å². The molecule has 2 rings (SSSR count). The molecule has 0 atom stereocenters. The monoisotopic (exact) mass is 262 g/mol. The highest BCUT2D eigenvalue weighted by molar-refractivity contribution is 5.98. The number of hydrogen-bond donors (Lipinski definition) is 1. The van der Waals surface area contributed by atoms with E-state index in [1.54, 1.807) is 11.0 Å². The number of carbonyl (C=O) groups excluding carboxylic acids is 1. The van der Waals surface area contributed by atoms with Crippen molar-refractivity contribution in [2.75, 3.05) is 6.54 Å². The van der Waals surface area contributed by atoms with Gasteiger partial charge in [-0.05, 0) is 18.9 Å². The molecule has 0 aliphatic heterocycles. The van der Waals surface area contributed by atoms with E-state index < -0.39 is 22.3 Å². The normalized spacial score (nSPS) is 13.9. The summed E-state index contributed by atoms with van der Waals surface area (Å²) in [5, 5.41) is 20.6. The number of hydrogen-bond acceptors (Lipinski definition) is 4. The number of phenolic OH excluding ortho intramolecular Hbond substituents is 1. The molecule has 0 bridgehead atoms. The Morgan fingerprint density at radius 3 is 2.79 bits per heavy atom. The first-order valence-electron chi connectivity index (χ1n) is 5.94. The van der Waals surface area contributed by atoms with Gasteiger partial charge in [0.05, 0.1) is 10.5 Å². The van der Waals surface area contributed by atoms with Gasteiger partial charge >= 0.3 is 5.69 Å². The number of nitrogens with zero attached hydrogens (tertiary/aromatic N) is 2. The molecule has 6 nitrogen and oxygen atoms in total. The van der Waals surface area contributed by atoms with Crippen molar-refractivity contribution >= 4 is 11.6 Å². The van der Waals surface area contributed by atoms with Gasteiger partial charge in [-0.3, -0.25) is 14.9 Å². The van der Waals surface area contributed by atoms with E-state index >= 15 is 0 Å². The summed E-state index contributed by atoms with van der Waals surface area (Å²) in [4.78, 5) is 23.9. The number of nitro benzene ring substituents is 1. The fourth-order valence-corrected chi connectivity index (χ4v) is 1.93. The molecule has 1 amide bonds. The Bertz CT molecular complexity index is 537. The molecule has 100 valence electrons. The summed E-state index contributed by atoms with van der Waals surface area (Å²) < 4.78 is 0. The Labute approximate surface area is 110 Å². The molecule has 1 aromatic carbocycles. The average molecular weight is 262 g/mol. The molecule has 1 aliphatic carbocycles. The summed E-state index contributed by atoms with van der Waals surface area (Å²) in [6.45, 7) is 3.96. The Hall–Kier alpha value is -2.37. The summed E-state index contributed by atoms with van der Waals surface area (Å²) >= 11 is 0. The van der Waals surface area contributed by atoms with E-state index in [1.807, 2.05) is 0 Å². The summed E-state index contributed by atoms with van der Waals surface area (Å²) in [6, 6.07) is 4.10. The van der Waals surface area contributed by atoms with Crippen LogP contribution in [0.5, 0.6) is 5.75 Å².